The molecule has 1 amide bonds. The zero-order valence-corrected chi connectivity index (χ0v) is 14.5. The number of aromatic nitrogens is 3. The van der Waals surface area contributed by atoms with Crippen LogP contribution in [0.25, 0.3) is 5.82 Å². The first-order chi connectivity index (χ1) is 13.6. The first-order valence-electron chi connectivity index (χ1n) is 8.49. The average Bonchev–Trinajstić information content (AvgIpc) is 3.40. The Hall–Kier alpha value is -3.62. The van der Waals surface area contributed by atoms with Crippen LogP contribution in [0.4, 0.5) is 8.78 Å². The van der Waals surface area contributed by atoms with E-state index in [9.17, 15) is 13.6 Å². The van der Waals surface area contributed by atoms with E-state index in [-0.39, 0.29) is 24.2 Å². The average molecular weight is 383 g/mol. The van der Waals surface area contributed by atoms with Crippen LogP contribution in [0.2, 0.25) is 0 Å². The molecule has 9 heteroatoms. The summed E-state index contributed by atoms with van der Waals surface area (Å²) in [7, 11) is 0. The van der Waals surface area contributed by atoms with Crippen LogP contribution < -0.4 is 5.32 Å². The molecule has 4 rings (SSSR count). The molecule has 1 atom stereocenters. The number of oxime groups is 1. The van der Waals surface area contributed by atoms with Gasteiger partial charge in [-0.2, -0.15) is 0 Å². The van der Waals surface area contributed by atoms with Crippen LogP contribution >= 0.6 is 0 Å². The van der Waals surface area contributed by atoms with Crippen molar-refractivity contribution in [3.63, 3.8) is 0 Å². The van der Waals surface area contributed by atoms with E-state index in [0.717, 1.165) is 23.8 Å². The van der Waals surface area contributed by atoms with E-state index in [1.807, 2.05) is 6.07 Å². The first-order valence-corrected chi connectivity index (χ1v) is 8.49. The van der Waals surface area contributed by atoms with Crippen LogP contribution in [0.5, 0.6) is 0 Å². The van der Waals surface area contributed by atoms with E-state index in [1.165, 1.54) is 0 Å². The summed E-state index contributed by atoms with van der Waals surface area (Å²) >= 11 is 0. The molecule has 0 aliphatic carbocycles. The van der Waals surface area contributed by atoms with Crippen LogP contribution in [0.3, 0.4) is 0 Å². The number of hydrogen-bond acceptors (Lipinski definition) is 5. The highest BCUT2D eigenvalue weighted by Crippen LogP contribution is 2.20. The Morgan fingerprint density at radius 1 is 1.25 bits per heavy atom. The predicted octanol–water partition coefficient (Wildman–Crippen LogP) is 2.35. The molecule has 142 valence electrons. The Morgan fingerprint density at radius 2 is 2.14 bits per heavy atom. The number of pyridine rings is 1. The van der Waals surface area contributed by atoms with Gasteiger partial charge in [-0.05, 0) is 35.9 Å². The molecule has 3 heterocycles. The molecule has 1 unspecified atom stereocenters. The number of benzene rings is 1. The van der Waals surface area contributed by atoms with Crippen LogP contribution in [0.15, 0.2) is 60.4 Å². The van der Waals surface area contributed by atoms with E-state index in [4.69, 9.17) is 4.84 Å². The van der Waals surface area contributed by atoms with Crippen LogP contribution in [0, 0.1) is 11.6 Å². The summed E-state index contributed by atoms with van der Waals surface area (Å²) in [4.78, 5) is 25.7. The maximum atomic E-state index is 13.9. The van der Waals surface area contributed by atoms with Crippen molar-refractivity contribution >= 4 is 11.6 Å². The van der Waals surface area contributed by atoms with Gasteiger partial charge in [0.2, 0.25) is 6.10 Å². The van der Waals surface area contributed by atoms with E-state index in [1.54, 1.807) is 35.6 Å². The van der Waals surface area contributed by atoms with Crippen molar-refractivity contribution in [2.45, 2.75) is 19.1 Å². The van der Waals surface area contributed by atoms with Gasteiger partial charge >= 0.3 is 0 Å². The lowest BCUT2D eigenvalue weighted by Crippen LogP contribution is -2.34. The van der Waals surface area contributed by atoms with Crippen molar-refractivity contribution in [1.29, 1.82) is 0 Å². The second-order valence-corrected chi connectivity index (χ2v) is 6.17. The van der Waals surface area contributed by atoms with Gasteiger partial charge in [0.25, 0.3) is 5.91 Å². The number of carbonyl (C=O) groups excluding carboxylic acids is 1. The van der Waals surface area contributed by atoms with Gasteiger partial charge in [0, 0.05) is 37.1 Å². The predicted molar refractivity (Wildman–Crippen MR) is 95.6 cm³/mol. The van der Waals surface area contributed by atoms with Gasteiger partial charge in [-0.3, -0.25) is 9.36 Å². The number of hydrogen-bond donors (Lipinski definition) is 1. The molecule has 0 fully saturated rings. The molecule has 1 aliphatic heterocycles. The smallest absolute Gasteiger partial charge is 0.264 e. The third-order valence-electron chi connectivity index (χ3n) is 4.25. The van der Waals surface area contributed by atoms with E-state index in [2.05, 4.69) is 20.4 Å². The molecule has 1 aliphatic rings. The van der Waals surface area contributed by atoms with Crippen molar-refractivity contribution in [2.75, 3.05) is 0 Å². The fraction of sp³-hybridized carbons (Fsp3) is 0.158. The lowest BCUT2D eigenvalue weighted by atomic mass is 10.0. The molecule has 0 bridgehead atoms. The SMILES string of the molecule is O=C(NCc1ccnc(-n2ccnc2)c1)C1CC(c2cc(F)ccc2F)=NO1. The van der Waals surface area contributed by atoms with E-state index in [0.29, 0.717) is 5.82 Å². The van der Waals surface area contributed by atoms with Gasteiger partial charge < -0.3 is 10.2 Å². The number of amides is 1. The molecule has 0 saturated heterocycles. The molecule has 28 heavy (non-hydrogen) atoms. The third-order valence-corrected chi connectivity index (χ3v) is 4.25. The Labute approximate surface area is 158 Å². The number of rotatable bonds is 5. The number of nitrogens with one attached hydrogen (secondary N) is 1. The van der Waals surface area contributed by atoms with Crippen LogP contribution in [-0.4, -0.2) is 32.3 Å². The monoisotopic (exact) mass is 383 g/mol. The van der Waals surface area contributed by atoms with Crippen molar-refractivity contribution in [2.24, 2.45) is 5.16 Å². The number of carbonyl (C=O) groups is 1. The molecule has 1 aromatic carbocycles. The van der Waals surface area contributed by atoms with Gasteiger partial charge in [0.05, 0.1) is 5.71 Å². The molecule has 0 radical (unpaired) electrons. The van der Waals surface area contributed by atoms with Gasteiger partial charge in [-0.15, -0.1) is 0 Å². The fourth-order valence-corrected chi connectivity index (χ4v) is 2.81. The number of halogens is 2. The van der Waals surface area contributed by atoms with Crippen molar-refractivity contribution in [3.05, 3.63) is 78.0 Å². The second kappa shape index (κ2) is 7.55. The summed E-state index contributed by atoms with van der Waals surface area (Å²) in [5.41, 5.74) is 1.03. The molecular weight excluding hydrogens is 368 g/mol. The second-order valence-electron chi connectivity index (χ2n) is 6.17. The highest BCUT2D eigenvalue weighted by molar-refractivity contribution is 6.04. The summed E-state index contributed by atoms with van der Waals surface area (Å²) in [6.07, 6.45) is 5.84. The summed E-state index contributed by atoms with van der Waals surface area (Å²) in [6.45, 7) is 0.257. The number of imidazole rings is 1. The van der Waals surface area contributed by atoms with Crippen molar-refractivity contribution < 1.29 is 18.4 Å². The minimum Gasteiger partial charge on any atom is -0.382 e. The summed E-state index contributed by atoms with van der Waals surface area (Å²) in [5.74, 6) is -0.919. The Morgan fingerprint density at radius 3 is 2.96 bits per heavy atom. The quantitative estimate of drug-likeness (QED) is 0.733. The lowest BCUT2D eigenvalue weighted by Gasteiger charge is -2.10. The zero-order chi connectivity index (χ0) is 19.5. The summed E-state index contributed by atoms with van der Waals surface area (Å²) < 4.78 is 29.0. The third kappa shape index (κ3) is 3.73. The van der Waals surface area contributed by atoms with Gasteiger partial charge in [0.1, 0.15) is 23.8 Å². The Bertz CT molecular complexity index is 1040. The maximum Gasteiger partial charge on any atom is 0.264 e. The molecule has 2 aromatic heterocycles. The highest BCUT2D eigenvalue weighted by atomic mass is 19.1. The van der Waals surface area contributed by atoms with Crippen molar-refractivity contribution in [1.82, 2.24) is 19.9 Å². The van der Waals surface area contributed by atoms with Gasteiger partial charge in [0.15, 0.2) is 0 Å². The Kier molecular flexibility index (Phi) is 4.79. The summed E-state index contributed by atoms with van der Waals surface area (Å²) in [5, 5.41) is 6.50. The van der Waals surface area contributed by atoms with E-state index < -0.39 is 23.6 Å². The zero-order valence-electron chi connectivity index (χ0n) is 14.5. The summed E-state index contributed by atoms with van der Waals surface area (Å²) in [6, 6.07) is 6.67. The highest BCUT2D eigenvalue weighted by Gasteiger charge is 2.30. The molecule has 3 aromatic rings. The molecule has 0 saturated carbocycles. The standard InChI is InChI=1S/C19H15F2N5O2/c20-13-1-2-15(21)14(8-13)16-9-17(28-25-16)19(27)24-10-12-3-4-23-18(7-12)26-6-5-22-11-26/h1-8,11,17H,9-10H2,(H,24,27). The first kappa shape index (κ1) is 17.8. The minimum absolute atomic E-state index is 0.00518. The molecule has 7 nitrogen and oxygen atoms in total. The molecule has 1 N–H and O–H groups in total. The largest absolute Gasteiger partial charge is 0.382 e. The molecule has 0 spiro atoms. The maximum absolute atomic E-state index is 13.9. The van der Waals surface area contributed by atoms with Gasteiger partial charge in [-0.1, -0.05) is 5.16 Å². The van der Waals surface area contributed by atoms with Crippen molar-refractivity contribution in [3.8, 4) is 5.82 Å². The fourth-order valence-electron chi connectivity index (χ4n) is 2.81. The normalized spacial score (nSPS) is 15.8. The lowest BCUT2D eigenvalue weighted by molar-refractivity contribution is -0.131. The van der Waals surface area contributed by atoms with E-state index >= 15 is 0 Å². The van der Waals surface area contributed by atoms with Crippen LogP contribution in [0.1, 0.15) is 17.5 Å². The Balaban J connectivity index is 1.37. The number of nitrogens with zero attached hydrogens (tertiary/aromatic N) is 4. The van der Waals surface area contributed by atoms with Gasteiger partial charge in [-0.25, -0.2) is 18.7 Å². The minimum atomic E-state index is -0.896. The molecular formula is C19H15F2N5O2. The topological polar surface area (TPSA) is 81.4 Å². The van der Waals surface area contributed by atoms with Crippen LogP contribution in [-0.2, 0) is 16.2 Å².